The number of rotatable bonds is 3. The summed E-state index contributed by atoms with van der Waals surface area (Å²) in [6.45, 7) is 8.25. The van der Waals surface area contributed by atoms with E-state index < -0.39 is 0 Å². The van der Waals surface area contributed by atoms with Crippen molar-refractivity contribution in [1.29, 1.82) is 0 Å². The number of aromatic nitrogens is 2. The molecule has 4 heteroatoms. The van der Waals surface area contributed by atoms with Crippen molar-refractivity contribution in [2.24, 2.45) is 0 Å². The molecule has 0 bridgehead atoms. The topological polar surface area (TPSA) is 51.0 Å². The predicted octanol–water partition coefficient (Wildman–Crippen LogP) is 3.18. The van der Waals surface area contributed by atoms with Gasteiger partial charge in [-0.1, -0.05) is 29.4 Å². The van der Waals surface area contributed by atoms with E-state index in [1.54, 1.807) is 0 Å². The maximum Gasteiger partial charge on any atom is 0.321 e. The second-order valence-corrected chi connectivity index (χ2v) is 5.49. The zero-order valence-corrected chi connectivity index (χ0v) is 11.3. The van der Waals surface area contributed by atoms with Gasteiger partial charge in [0.05, 0.1) is 0 Å². The summed E-state index contributed by atoms with van der Waals surface area (Å²) in [6, 6.07) is 8.70. The van der Waals surface area contributed by atoms with Crippen LogP contribution in [0.2, 0.25) is 0 Å². The van der Waals surface area contributed by atoms with Crippen molar-refractivity contribution in [3.8, 4) is 0 Å². The lowest BCUT2D eigenvalue weighted by atomic mass is 10.1. The van der Waals surface area contributed by atoms with Crippen molar-refractivity contribution in [3.05, 3.63) is 41.2 Å². The van der Waals surface area contributed by atoms with Gasteiger partial charge >= 0.3 is 6.01 Å². The third-order valence-corrected chi connectivity index (χ3v) is 2.56. The van der Waals surface area contributed by atoms with Gasteiger partial charge in [-0.25, -0.2) is 0 Å². The molecule has 0 fully saturated rings. The van der Waals surface area contributed by atoms with Crippen LogP contribution in [0.1, 0.15) is 37.7 Å². The monoisotopic (exact) mass is 245 g/mol. The molecule has 1 aromatic carbocycles. The van der Waals surface area contributed by atoms with Gasteiger partial charge in [0, 0.05) is 12.0 Å². The molecule has 2 aromatic rings. The van der Waals surface area contributed by atoms with Crippen molar-refractivity contribution in [2.45, 2.75) is 39.7 Å². The zero-order chi connectivity index (χ0) is 13.2. The van der Waals surface area contributed by atoms with E-state index in [1.165, 1.54) is 11.1 Å². The molecule has 0 atom stereocenters. The maximum atomic E-state index is 5.18. The number of benzene rings is 1. The quantitative estimate of drug-likeness (QED) is 0.902. The normalized spacial score (nSPS) is 11.6. The lowest BCUT2D eigenvalue weighted by molar-refractivity contribution is 0.413. The molecule has 0 radical (unpaired) electrons. The Kier molecular flexibility index (Phi) is 3.36. The van der Waals surface area contributed by atoms with Gasteiger partial charge in [-0.2, -0.15) is 4.98 Å². The Bertz CT molecular complexity index is 526. The Labute approximate surface area is 107 Å². The van der Waals surface area contributed by atoms with E-state index in [-0.39, 0.29) is 5.54 Å². The summed E-state index contributed by atoms with van der Waals surface area (Å²) < 4.78 is 5.18. The molecule has 0 spiro atoms. The summed E-state index contributed by atoms with van der Waals surface area (Å²) in [5.41, 5.74) is 2.39. The Hall–Kier alpha value is -1.84. The first-order valence-corrected chi connectivity index (χ1v) is 6.09. The summed E-state index contributed by atoms with van der Waals surface area (Å²) >= 11 is 0. The van der Waals surface area contributed by atoms with Crippen LogP contribution in [0.15, 0.2) is 28.8 Å². The fourth-order valence-electron chi connectivity index (χ4n) is 1.68. The minimum Gasteiger partial charge on any atom is -0.333 e. The van der Waals surface area contributed by atoms with E-state index in [4.69, 9.17) is 4.52 Å². The molecule has 96 valence electrons. The molecule has 1 heterocycles. The lowest BCUT2D eigenvalue weighted by Crippen LogP contribution is -2.26. The Morgan fingerprint density at radius 2 is 1.94 bits per heavy atom. The number of hydrogen-bond donors (Lipinski definition) is 1. The number of anilines is 1. The third kappa shape index (κ3) is 3.32. The minimum absolute atomic E-state index is 0.0769. The van der Waals surface area contributed by atoms with Gasteiger partial charge in [0.15, 0.2) is 5.82 Å². The van der Waals surface area contributed by atoms with Crippen molar-refractivity contribution >= 4 is 6.01 Å². The van der Waals surface area contributed by atoms with E-state index in [0.29, 0.717) is 18.3 Å². The van der Waals surface area contributed by atoms with Gasteiger partial charge in [-0.15, -0.1) is 0 Å². The van der Waals surface area contributed by atoms with Crippen molar-refractivity contribution in [3.63, 3.8) is 0 Å². The Morgan fingerprint density at radius 1 is 1.22 bits per heavy atom. The highest BCUT2D eigenvalue weighted by atomic mass is 16.5. The average Bonchev–Trinajstić information content (AvgIpc) is 2.66. The van der Waals surface area contributed by atoms with Crippen molar-refractivity contribution < 1.29 is 4.52 Å². The Morgan fingerprint density at radius 3 is 2.61 bits per heavy atom. The molecule has 4 nitrogen and oxygen atoms in total. The second kappa shape index (κ2) is 4.80. The van der Waals surface area contributed by atoms with Crippen LogP contribution in [-0.2, 0) is 6.42 Å². The first-order chi connectivity index (χ1) is 8.44. The highest BCUT2D eigenvalue weighted by Crippen LogP contribution is 2.15. The number of aryl methyl sites for hydroxylation is 1. The fraction of sp³-hybridized carbons (Fsp3) is 0.429. The second-order valence-electron chi connectivity index (χ2n) is 5.49. The van der Waals surface area contributed by atoms with Crippen LogP contribution < -0.4 is 5.32 Å². The molecular formula is C14H19N3O. The molecule has 1 aromatic heterocycles. The predicted molar refractivity (Wildman–Crippen MR) is 71.7 cm³/mol. The first-order valence-electron chi connectivity index (χ1n) is 6.09. The summed E-state index contributed by atoms with van der Waals surface area (Å²) in [7, 11) is 0. The fourth-order valence-corrected chi connectivity index (χ4v) is 1.68. The van der Waals surface area contributed by atoms with Gasteiger partial charge in [-0.3, -0.25) is 0 Å². The van der Waals surface area contributed by atoms with E-state index in [2.05, 4.69) is 55.3 Å². The molecule has 0 aliphatic heterocycles. The van der Waals surface area contributed by atoms with Gasteiger partial charge in [0.1, 0.15) is 0 Å². The lowest BCUT2D eigenvalue weighted by Gasteiger charge is -2.17. The van der Waals surface area contributed by atoms with Crippen LogP contribution in [0.5, 0.6) is 0 Å². The smallest absolute Gasteiger partial charge is 0.321 e. The molecule has 2 rings (SSSR count). The third-order valence-electron chi connectivity index (χ3n) is 2.56. The van der Waals surface area contributed by atoms with E-state index in [9.17, 15) is 0 Å². The van der Waals surface area contributed by atoms with E-state index in [0.717, 1.165) is 0 Å². The molecule has 0 amide bonds. The number of nitrogens with zero attached hydrogens (tertiary/aromatic N) is 2. The standard InChI is InChI=1S/C14H19N3O/c1-10-7-5-6-8-11(10)9-12-15-13(18-17-12)16-14(2,3)4/h5-8H,9H2,1-4H3,(H,15,16,17). The summed E-state index contributed by atoms with van der Waals surface area (Å²) in [4.78, 5) is 4.34. The van der Waals surface area contributed by atoms with E-state index >= 15 is 0 Å². The van der Waals surface area contributed by atoms with Gasteiger partial charge in [0.2, 0.25) is 0 Å². The molecule has 0 aliphatic carbocycles. The molecule has 1 N–H and O–H groups in total. The van der Waals surface area contributed by atoms with Crippen molar-refractivity contribution in [2.75, 3.05) is 5.32 Å². The summed E-state index contributed by atoms with van der Waals surface area (Å²) in [6.07, 6.45) is 0.696. The van der Waals surface area contributed by atoms with Crippen LogP contribution in [-0.4, -0.2) is 15.7 Å². The highest BCUT2D eigenvalue weighted by molar-refractivity contribution is 5.29. The van der Waals surface area contributed by atoms with E-state index in [1.807, 2.05) is 12.1 Å². The molecule has 0 aliphatic rings. The number of nitrogens with one attached hydrogen (secondary N) is 1. The SMILES string of the molecule is Cc1ccccc1Cc1noc(NC(C)(C)C)n1. The zero-order valence-electron chi connectivity index (χ0n) is 11.3. The van der Waals surface area contributed by atoms with Gasteiger partial charge in [-0.05, 0) is 38.8 Å². The average molecular weight is 245 g/mol. The molecule has 0 saturated heterocycles. The summed E-state index contributed by atoms with van der Waals surface area (Å²) in [5, 5.41) is 7.15. The highest BCUT2D eigenvalue weighted by Gasteiger charge is 2.14. The van der Waals surface area contributed by atoms with Gasteiger partial charge in [0.25, 0.3) is 0 Å². The van der Waals surface area contributed by atoms with Crippen molar-refractivity contribution in [1.82, 2.24) is 10.1 Å². The van der Waals surface area contributed by atoms with Crippen LogP contribution in [0.4, 0.5) is 6.01 Å². The van der Waals surface area contributed by atoms with Crippen LogP contribution in [0.25, 0.3) is 0 Å². The van der Waals surface area contributed by atoms with Crippen LogP contribution in [0.3, 0.4) is 0 Å². The largest absolute Gasteiger partial charge is 0.333 e. The molecule has 0 unspecified atom stereocenters. The van der Waals surface area contributed by atoms with Crippen LogP contribution >= 0.6 is 0 Å². The van der Waals surface area contributed by atoms with Crippen LogP contribution in [0, 0.1) is 6.92 Å². The number of hydrogen-bond acceptors (Lipinski definition) is 4. The Balaban J connectivity index is 2.10. The maximum absolute atomic E-state index is 5.18. The molecule has 0 saturated carbocycles. The first kappa shape index (κ1) is 12.6. The minimum atomic E-state index is -0.0769. The molecular weight excluding hydrogens is 226 g/mol. The summed E-state index contributed by atoms with van der Waals surface area (Å²) in [5.74, 6) is 0.705. The van der Waals surface area contributed by atoms with Gasteiger partial charge < -0.3 is 9.84 Å². The molecule has 18 heavy (non-hydrogen) atoms.